The average molecular weight is 409 g/mol. The van der Waals surface area contributed by atoms with Crippen molar-refractivity contribution in [3.63, 3.8) is 0 Å². The molecule has 31 heavy (non-hydrogen) atoms. The minimum Gasteiger partial charge on any atom is -0.463 e. The largest absolute Gasteiger partial charge is 0.463 e. The third-order valence-corrected chi connectivity index (χ3v) is 5.11. The molecule has 0 amide bonds. The number of carbonyl (C=O) groups excluding carboxylic acids is 1. The molecule has 0 aliphatic heterocycles. The Balaban J connectivity index is 1.71. The zero-order valence-electron chi connectivity index (χ0n) is 17.0. The van der Waals surface area contributed by atoms with Crippen LogP contribution in [0.15, 0.2) is 72.8 Å². The van der Waals surface area contributed by atoms with Crippen molar-refractivity contribution in [3.05, 3.63) is 84.2 Å². The summed E-state index contributed by atoms with van der Waals surface area (Å²) >= 11 is 0. The Labute approximate surface area is 178 Å². The average Bonchev–Trinajstić information content (AvgIpc) is 3.43. The summed E-state index contributed by atoms with van der Waals surface area (Å²) in [4.78, 5) is 19.9. The molecule has 7 heteroatoms. The van der Waals surface area contributed by atoms with Gasteiger partial charge in [-0.15, -0.1) is 5.10 Å². The second kappa shape index (κ2) is 7.53. The first-order chi connectivity index (χ1) is 15.1. The number of H-pyrrole nitrogens is 1. The van der Waals surface area contributed by atoms with Gasteiger partial charge in [0, 0.05) is 11.1 Å². The van der Waals surface area contributed by atoms with Crippen molar-refractivity contribution in [2.24, 2.45) is 0 Å². The minimum absolute atomic E-state index is 0.156. The number of nitrogens with zero attached hydrogens (tertiary/aromatic N) is 4. The lowest BCUT2D eigenvalue weighted by atomic mass is 10.0. The van der Waals surface area contributed by atoms with Crippen LogP contribution in [0.25, 0.3) is 39.2 Å². The quantitative estimate of drug-likeness (QED) is 0.439. The molecular weight excluding hydrogens is 390 g/mol. The van der Waals surface area contributed by atoms with Crippen LogP contribution in [0.2, 0.25) is 0 Å². The summed E-state index contributed by atoms with van der Waals surface area (Å²) in [6.45, 7) is 2.02. The van der Waals surface area contributed by atoms with Crippen LogP contribution < -0.4 is 0 Å². The number of para-hydroxylation sites is 1. The summed E-state index contributed by atoms with van der Waals surface area (Å²) in [6.07, 6.45) is 0. The highest BCUT2D eigenvalue weighted by Crippen LogP contribution is 2.32. The van der Waals surface area contributed by atoms with Gasteiger partial charge in [-0.2, -0.15) is 0 Å². The lowest BCUT2D eigenvalue weighted by Crippen LogP contribution is -2.03. The van der Waals surface area contributed by atoms with Gasteiger partial charge < -0.3 is 9.72 Å². The summed E-state index contributed by atoms with van der Waals surface area (Å²) in [6, 6.07) is 23.7. The SMILES string of the molecule is COC(=O)c1nc(-c2cccc(C)c2)c(-c2ccc3nnn(-c4ccccc4)c3c2)[nH]1. The second-order valence-electron chi connectivity index (χ2n) is 7.21. The molecule has 1 N–H and O–H groups in total. The Kier molecular flexibility index (Phi) is 4.55. The Bertz CT molecular complexity index is 1400. The Hall–Kier alpha value is -4.26. The highest BCUT2D eigenvalue weighted by molar-refractivity contribution is 5.91. The fourth-order valence-electron chi connectivity index (χ4n) is 3.61. The van der Waals surface area contributed by atoms with Gasteiger partial charge in [-0.3, -0.25) is 0 Å². The zero-order chi connectivity index (χ0) is 21.4. The maximum absolute atomic E-state index is 12.2. The summed E-state index contributed by atoms with van der Waals surface area (Å²) in [5.74, 6) is -0.360. The van der Waals surface area contributed by atoms with E-state index in [4.69, 9.17) is 4.74 Å². The number of aryl methyl sites for hydroxylation is 1. The predicted molar refractivity (Wildman–Crippen MR) is 118 cm³/mol. The number of carbonyl (C=O) groups is 1. The zero-order valence-corrected chi connectivity index (χ0v) is 17.0. The number of hydrogen-bond donors (Lipinski definition) is 1. The molecule has 0 saturated carbocycles. The van der Waals surface area contributed by atoms with E-state index < -0.39 is 5.97 Å². The van der Waals surface area contributed by atoms with Crippen LogP contribution >= 0.6 is 0 Å². The Morgan fingerprint density at radius 3 is 2.58 bits per heavy atom. The first kappa shape index (κ1) is 18.7. The summed E-state index contributed by atoms with van der Waals surface area (Å²) < 4.78 is 6.67. The molecule has 2 aromatic heterocycles. The van der Waals surface area contributed by atoms with E-state index in [0.29, 0.717) is 5.69 Å². The van der Waals surface area contributed by atoms with Gasteiger partial charge in [0.25, 0.3) is 0 Å². The van der Waals surface area contributed by atoms with E-state index in [2.05, 4.69) is 20.3 Å². The molecule has 0 atom stereocenters. The van der Waals surface area contributed by atoms with E-state index in [9.17, 15) is 4.79 Å². The van der Waals surface area contributed by atoms with Gasteiger partial charge in [-0.25, -0.2) is 14.5 Å². The first-order valence-electron chi connectivity index (χ1n) is 9.80. The molecule has 5 aromatic rings. The lowest BCUT2D eigenvalue weighted by Gasteiger charge is -2.06. The molecule has 7 nitrogen and oxygen atoms in total. The fraction of sp³-hybridized carbons (Fsp3) is 0.0833. The molecule has 0 saturated heterocycles. The van der Waals surface area contributed by atoms with Crippen LogP contribution in [0.1, 0.15) is 16.2 Å². The van der Waals surface area contributed by atoms with Crippen molar-refractivity contribution < 1.29 is 9.53 Å². The number of hydrogen-bond acceptors (Lipinski definition) is 5. The van der Waals surface area contributed by atoms with Crippen LogP contribution in [-0.4, -0.2) is 38.0 Å². The van der Waals surface area contributed by atoms with Gasteiger partial charge in [-0.05, 0) is 37.3 Å². The molecule has 2 heterocycles. The van der Waals surface area contributed by atoms with Gasteiger partial charge in [0.2, 0.25) is 5.82 Å². The van der Waals surface area contributed by atoms with Crippen LogP contribution in [0.4, 0.5) is 0 Å². The van der Waals surface area contributed by atoms with Crippen molar-refractivity contribution in [3.8, 4) is 28.2 Å². The monoisotopic (exact) mass is 409 g/mol. The number of aromatic nitrogens is 5. The molecule has 0 spiro atoms. The van der Waals surface area contributed by atoms with E-state index in [1.54, 1.807) is 4.68 Å². The number of ether oxygens (including phenoxy) is 1. The van der Waals surface area contributed by atoms with Crippen LogP contribution in [0.3, 0.4) is 0 Å². The van der Waals surface area contributed by atoms with Crippen molar-refractivity contribution in [2.75, 3.05) is 7.11 Å². The molecule has 0 aliphatic rings. The smallest absolute Gasteiger partial charge is 0.374 e. The third-order valence-electron chi connectivity index (χ3n) is 5.11. The molecular formula is C24H19N5O2. The number of benzene rings is 3. The highest BCUT2D eigenvalue weighted by atomic mass is 16.5. The van der Waals surface area contributed by atoms with Gasteiger partial charge in [0.15, 0.2) is 0 Å². The predicted octanol–water partition coefficient (Wildman–Crippen LogP) is 4.57. The summed E-state index contributed by atoms with van der Waals surface area (Å²) in [7, 11) is 1.34. The third kappa shape index (κ3) is 3.36. The second-order valence-corrected chi connectivity index (χ2v) is 7.21. The molecule has 3 aromatic carbocycles. The maximum Gasteiger partial charge on any atom is 0.374 e. The van der Waals surface area contributed by atoms with Crippen molar-refractivity contribution >= 4 is 17.0 Å². The number of aromatic amines is 1. The standard InChI is InChI=1S/C24H19N5O2/c1-15-7-6-8-16(13-15)21-22(26-23(25-21)24(30)31-2)17-11-12-19-20(14-17)29(28-27-19)18-9-4-3-5-10-18/h3-14H,1-2H3,(H,25,26). The van der Waals surface area contributed by atoms with E-state index >= 15 is 0 Å². The fourth-order valence-corrected chi connectivity index (χ4v) is 3.61. The normalized spacial score (nSPS) is 11.0. The van der Waals surface area contributed by atoms with Crippen LogP contribution in [-0.2, 0) is 4.74 Å². The highest BCUT2D eigenvalue weighted by Gasteiger charge is 2.20. The topological polar surface area (TPSA) is 85.7 Å². The summed E-state index contributed by atoms with van der Waals surface area (Å²) in [5, 5.41) is 8.59. The van der Waals surface area contributed by atoms with E-state index in [1.165, 1.54) is 7.11 Å². The van der Waals surface area contributed by atoms with Crippen molar-refractivity contribution in [1.29, 1.82) is 0 Å². The van der Waals surface area contributed by atoms with Crippen LogP contribution in [0.5, 0.6) is 0 Å². The van der Waals surface area contributed by atoms with Gasteiger partial charge in [-0.1, -0.05) is 53.2 Å². The number of methoxy groups -OCH3 is 1. The number of esters is 1. The molecule has 0 bridgehead atoms. The number of fused-ring (bicyclic) bond motifs is 1. The molecule has 152 valence electrons. The van der Waals surface area contributed by atoms with E-state index in [0.717, 1.165) is 39.1 Å². The number of nitrogens with one attached hydrogen (secondary N) is 1. The van der Waals surface area contributed by atoms with Crippen molar-refractivity contribution in [2.45, 2.75) is 6.92 Å². The Morgan fingerprint density at radius 2 is 1.81 bits per heavy atom. The number of rotatable bonds is 4. The Morgan fingerprint density at radius 1 is 0.968 bits per heavy atom. The minimum atomic E-state index is -0.516. The first-order valence-corrected chi connectivity index (χ1v) is 9.80. The van der Waals surface area contributed by atoms with Gasteiger partial charge in [0.05, 0.1) is 29.7 Å². The van der Waals surface area contributed by atoms with E-state index in [1.807, 2.05) is 79.7 Å². The molecule has 0 unspecified atom stereocenters. The molecule has 0 radical (unpaired) electrons. The molecule has 0 fully saturated rings. The maximum atomic E-state index is 12.2. The molecule has 5 rings (SSSR count). The molecule has 0 aliphatic carbocycles. The van der Waals surface area contributed by atoms with Crippen LogP contribution in [0, 0.1) is 6.92 Å². The lowest BCUT2D eigenvalue weighted by molar-refractivity contribution is 0.0588. The van der Waals surface area contributed by atoms with E-state index in [-0.39, 0.29) is 5.82 Å². The van der Waals surface area contributed by atoms with Gasteiger partial charge >= 0.3 is 5.97 Å². The number of imidazole rings is 1. The van der Waals surface area contributed by atoms with Gasteiger partial charge in [0.1, 0.15) is 5.52 Å². The summed E-state index contributed by atoms with van der Waals surface area (Å²) in [5.41, 5.74) is 6.84. The van der Waals surface area contributed by atoms with Crippen molar-refractivity contribution in [1.82, 2.24) is 25.0 Å².